The summed E-state index contributed by atoms with van der Waals surface area (Å²) in [5, 5.41) is 20.5. The average Bonchev–Trinajstić information content (AvgIpc) is 3.12. The maximum absolute atomic E-state index is 14.1. The third-order valence-corrected chi connectivity index (χ3v) is 8.51. The predicted octanol–water partition coefficient (Wildman–Crippen LogP) is 7.16. The third kappa shape index (κ3) is 5.20. The number of fused-ring (bicyclic) bond motifs is 1. The van der Waals surface area contributed by atoms with Crippen LogP contribution in [0.5, 0.6) is 0 Å². The van der Waals surface area contributed by atoms with Crippen molar-refractivity contribution in [2.45, 2.75) is 103 Å². The molecule has 0 aliphatic heterocycles. The van der Waals surface area contributed by atoms with Crippen LogP contribution < -0.4 is 0 Å². The zero-order valence-electron chi connectivity index (χ0n) is 20.5. The van der Waals surface area contributed by atoms with Gasteiger partial charge in [0.2, 0.25) is 0 Å². The summed E-state index contributed by atoms with van der Waals surface area (Å²) in [6.45, 7) is 12.7. The van der Waals surface area contributed by atoms with Crippen LogP contribution in [0.15, 0.2) is 59.3 Å². The fourth-order valence-electron chi connectivity index (χ4n) is 6.15. The van der Waals surface area contributed by atoms with Gasteiger partial charge in [0, 0.05) is 6.42 Å². The highest BCUT2D eigenvalue weighted by atomic mass is 19.1. The lowest BCUT2D eigenvalue weighted by Gasteiger charge is -2.42. The summed E-state index contributed by atoms with van der Waals surface area (Å²) in [6.07, 6.45) is 16.8. The number of allylic oxidation sites excluding steroid dienone is 7. The lowest BCUT2D eigenvalue weighted by Crippen LogP contribution is -2.32. The zero-order chi connectivity index (χ0) is 23.5. The first-order chi connectivity index (χ1) is 15.1. The van der Waals surface area contributed by atoms with Crippen molar-refractivity contribution in [1.29, 1.82) is 0 Å². The second-order valence-electron chi connectivity index (χ2n) is 10.6. The van der Waals surface area contributed by atoms with E-state index in [9.17, 15) is 14.6 Å². The Bertz CT molecular complexity index is 813. The van der Waals surface area contributed by atoms with E-state index in [0.717, 1.165) is 37.7 Å². The molecule has 0 amide bonds. The minimum atomic E-state index is -1.13. The van der Waals surface area contributed by atoms with Crippen LogP contribution in [-0.2, 0) is 0 Å². The molecule has 0 heterocycles. The van der Waals surface area contributed by atoms with Crippen molar-refractivity contribution in [2.75, 3.05) is 0 Å². The molecule has 0 aromatic heterocycles. The minimum absolute atomic E-state index is 0.168. The quantitative estimate of drug-likeness (QED) is 0.411. The highest BCUT2D eigenvalue weighted by Gasteiger charge is 2.45. The monoisotopic (exact) mass is 442 g/mol. The largest absolute Gasteiger partial charge is 0.393 e. The Hall–Kier alpha value is -1.45. The molecule has 0 aromatic rings. The molecule has 2 fully saturated rings. The molecule has 3 aliphatic carbocycles. The van der Waals surface area contributed by atoms with E-state index in [1.165, 1.54) is 18.4 Å². The number of rotatable bonds is 7. The molecule has 2 nitrogen and oxygen atoms in total. The van der Waals surface area contributed by atoms with Crippen LogP contribution in [0.1, 0.15) is 85.5 Å². The van der Waals surface area contributed by atoms with Gasteiger partial charge in [-0.1, -0.05) is 75.8 Å². The van der Waals surface area contributed by atoms with Crippen molar-refractivity contribution in [2.24, 2.45) is 17.3 Å². The Balaban J connectivity index is 1.73. The van der Waals surface area contributed by atoms with E-state index in [-0.39, 0.29) is 11.8 Å². The summed E-state index contributed by atoms with van der Waals surface area (Å²) in [7, 11) is 0. The molecule has 3 heteroatoms. The summed E-state index contributed by atoms with van der Waals surface area (Å²) in [5.41, 5.74) is 3.90. The van der Waals surface area contributed by atoms with Gasteiger partial charge in [-0.05, 0) is 79.8 Å². The summed E-state index contributed by atoms with van der Waals surface area (Å²) in [5.74, 6) is 0.957. The smallest absolute Gasteiger partial charge is 0.127 e. The maximum atomic E-state index is 14.1. The molecular weight excluding hydrogens is 399 g/mol. The predicted molar refractivity (Wildman–Crippen MR) is 132 cm³/mol. The van der Waals surface area contributed by atoms with Gasteiger partial charge in [0.25, 0.3) is 0 Å². The molecule has 32 heavy (non-hydrogen) atoms. The van der Waals surface area contributed by atoms with Crippen molar-refractivity contribution in [3.63, 3.8) is 0 Å². The molecule has 3 rings (SSSR count). The first kappa shape index (κ1) is 25.2. The lowest BCUT2D eigenvalue weighted by atomic mass is 9.62. The molecule has 3 aliphatic rings. The lowest BCUT2D eigenvalue weighted by molar-refractivity contribution is 0.0824. The molecule has 2 saturated carbocycles. The summed E-state index contributed by atoms with van der Waals surface area (Å²) in [6, 6.07) is 0. The molecule has 0 spiro atoms. The van der Waals surface area contributed by atoms with Gasteiger partial charge in [-0.25, -0.2) is 4.39 Å². The number of aliphatic hydroxyl groups excluding tert-OH is 1. The van der Waals surface area contributed by atoms with Gasteiger partial charge in [0.15, 0.2) is 0 Å². The second-order valence-corrected chi connectivity index (χ2v) is 10.6. The number of aliphatic hydroxyl groups is 2. The SMILES string of the molecule is C=C1/C(=C/C=C2\CCC[C@]3(C)C([C@@H](C)C/C=C/C(O)(CC)CC)=CC[C@@H]23)C[C@@H](O)C[C@@H]1F. The number of alkyl halides is 1. The number of hydrogen-bond donors (Lipinski definition) is 2. The van der Waals surface area contributed by atoms with Crippen LogP contribution in [0.3, 0.4) is 0 Å². The van der Waals surface area contributed by atoms with Gasteiger partial charge in [-0.2, -0.15) is 0 Å². The van der Waals surface area contributed by atoms with Crippen LogP contribution in [0.2, 0.25) is 0 Å². The fourth-order valence-corrected chi connectivity index (χ4v) is 6.15. The van der Waals surface area contributed by atoms with Gasteiger partial charge in [-0.3, -0.25) is 0 Å². The highest BCUT2D eigenvalue weighted by molar-refractivity contribution is 5.40. The van der Waals surface area contributed by atoms with Gasteiger partial charge in [0.1, 0.15) is 6.17 Å². The molecule has 0 bridgehead atoms. The Morgan fingerprint density at radius 1 is 1.31 bits per heavy atom. The van der Waals surface area contributed by atoms with Gasteiger partial charge >= 0.3 is 0 Å². The normalized spacial score (nSPS) is 34.9. The van der Waals surface area contributed by atoms with E-state index in [1.54, 1.807) is 5.57 Å². The van der Waals surface area contributed by atoms with E-state index in [0.29, 0.717) is 23.8 Å². The van der Waals surface area contributed by atoms with Crippen LogP contribution in [-0.4, -0.2) is 28.1 Å². The molecule has 178 valence electrons. The van der Waals surface area contributed by atoms with Gasteiger partial charge < -0.3 is 10.2 Å². The topological polar surface area (TPSA) is 40.5 Å². The molecule has 0 unspecified atom stereocenters. The standard InChI is InChI=1S/C29H43FO2/c1-6-29(32,7-2)17-8-10-20(3)25-14-15-26-22(11-9-16-28(25,26)5)12-13-23-18-24(31)19-27(30)21(23)4/h8,12-14,17,20,24,26-27,31-32H,4,6-7,9-11,15-16,18-19H2,1-3,5H3/b17-8+,22-12+,23-13+/t20-,24+,26-,27-,28+/m0/s1. The van der Waals surface area contributed by atoms with Crippen molar-refractivity contribution in [3.05, 3.63) is 59.3 Å². The Labute approximate surface area is 194 Å². The Morgan fingerprint density at radius 3 is 2.72 bits per heavy atom. The van der Waals surface area contributed by atoms with E-state index in [1.807, 2.05) is 26.0 Å². The molecule has 5 atom stereocenters. The van der Waals surface area contributed by atoms with Crippen molar-refractivity contribution in [3.8, 4) is 0 Å². The van der Waals surface area contributed by atoms with Crippen molar-refractivity contribution in [1.82, 2.24) is 0 Å². The Kier molecular flexibility index (Phi) is 8.04. The molecule has 0 radical (unpaired) electrons. The van der Waals surface area contributed by atoms with Crippen molar-refractivity contribution < 1.29 is 14.6 Å². The zero-order valence-corrected chi connectivity index (χ0v) is 20.5. The molecule has 0 aromatic carbocycles. The van der Waals surface area contributed by atoms with E-state index < -0.39 is 17.9 Å². The second kappa shape index (κ2) is 10.2. The summed E-state index contributed by atoms with van der Waals surface area (Å²) < 4.78 is 14.1. The fraction of sp³-hybridized carbons (Fsp3) is 0.655. The van der Waals surface area contributed by atoms with Gasteiger partial charge in [0.05, 0.1) is 11.7 Å². The molecular formula is C29H43FO2. The third-order valence-electron chi connectivity index (χ3n) is 8.51. The van der Waals surface area contributed by atoms with Crippen LogP contribution in [0.4, 0.5) is 4.39 Å². The summed E-state index contributed by atoms with van der Waals surface area (Å²) >= 11 is 0. The van der Waals surface area contributed by atoms with Crippen LogP contribution >= 0.6 is 0 Å². The van der Waals surface area contributed by atoms with Crippen molar-refractivity contribution >= 4 is 0 Å². The van der Waals surface area contributed by atoms with Gasteiger partial charge in [-0.15, -0.1) is 0 Å². The van der Waals surface area contributed by atoms with E-state index in [2.05, 4.69) is 38.7 Å². The first-order valence-electron chi connectivity index (χ1n) is 12.6. The average molecular weight is 443 g/mol. The summed E-state index contributed by atoms with van der Waals surface area (Å²) in [4.78, 5) is 0. The van der Waals surface area contributed by atoms with Crippen LogP contribution in [0, 0.1) is 17.3 Å². The maximum Gasteiger partial charge on any atom is 0.127 e. The first-order valence-corrected chi connectivity index (χ1v) is 12.6. The minimum Gasteiger partial charge on any atom is -0.393 e. The van der Waals surface area contributed by atoms with E-state index in [4.69, 9.17) is 0 Å². The van der Waals surface area contributed by atoms with Crippen LogP contribution in [0.25, 0.3) is 0 Å². The van der Waals surface area contributed by atoms with E-state index >= 15 is 0 Å². The number of hydrogen-bond acceptors (Lipinski definition) is 2. The molecule has 2 N–H and O–H groups in total. The Morgan fingerprint density at radius 2 is 2.03 bits per heavy atom. The highest BCUT2D eigenvalue weighted by Crippen LogP contribution is 2.57. The number of halogens is 1. The molecule has 0 saturated heterocycles.